The molecule has 0 aliphatic carbocycles. The first-order valence-electron chi connectivity index (χ1n) is 10.2. The summed E-state index contributed by atoms with van der Waals surface area (Å²) in [5, 5.41) is 13.1. The maximum atomic E-state index is 13.0. The molecule has 0 spiro atoms. The van der Waals surface area contributed by atoms with Gasteiger partial charge in [0.2, 0.25) is 15.7 Å². The normalized spacial score (nSPS) is 13.6. The van der Waals surface area contributed by atoms with Gasteiger partial charge in [0.1, 0.15) is 5.65 Å². The Kier molecular flexibility index (Phi) is 4.84. The Balaban J connectivity index is 1.50. The van der Waals surface area contributed by atoms with E-state index in [0.29, 0.717) is 33.8 Å². The number of hydrogen-bond acceptors (Lipinski definition) is 5. The first kappa shape index (κ1) is 20.7. The van der Waals surface area contributed by atoms with Crippen LogP contribution in [0.2, 0.25) is 0 Å². The number of aromatic nitrogens is 2. The van der Waals surface area contributed by atoms with E-state index in [9.17, 15) is 13.2 Å². The Labute approximate surface area is 190 Å². The van der Waals surface area contributed by atoms with E-state index < -0.39 is 9.84 Å². The van der Waals surface area contributed by atoms with Crippen molar-refractivity contribution in [3.8, 4) is 17.3 Å². The Morgan fingerprint density at radius 3 is 2.67 bits per heavy atom. The van der Waals surface area contributed by atoms with Gasteiger partial charge in [-0.1, -0.05) is 24.3 Å². The zero-order chi connectivity index (χ0) is 23.2. The van der Waals surface area contributed by atoms with Crippen molar-refractivity contribution >= 4 is 33.2 Å². The quantitative estimate of drug-likeness (QED) is 0.499. The maximum absolute atomic E-state index is 13.0. The summed E-state index contributed by atoms with van der Waals surface area (Å²) in [4.78, 5) is 17.9. The standard InChI is InChI=1S/C25H18N4O3S/c1-16-2-9-23-28-25(19-5-3-17(14-26)4-6-19)21(29(23)15-16)13-24(30)27-20-8-7-18-10-11-33(31,32)22(18)12-20/h2-12,15H,13H2,1H3,(H,27,30). The molecule has 162 valence electrons. The van der Waals surface area contributed by atoms with Crippen molar-refractivity contribution in [1.29, 1.82) is 5.26 Å². The molecular formula is C25H18N4O3S. The molecule has 3 heterocycles. The summed E-state index contributed by atoms with van der Waals surface area (Å²) in [5.74, 6) is -0.295. The number of aryl methyl sites for hydroxylation is 1. The molecule has 0 unspecified atom stereocenters. The van der Waals surface area contributed by atoms with Crippen LogP contribution < -0.4 is 5.32 Å². The Bertz CT molecular complexity index is 1610. The third kappa shape index (κ3) is 3.79. The molecule has 2 aromatic heterocycles. The van der Waals surface area contributed by atoms with Gasteiger partial charge >= 0.3 is 0 Å². The van der Waals surface area contributed by atoms with E-state index in [4.69, 9.17) is 10.2 Å². The highest BCUT2D eigenvalue weighted by Gasteiger charge is 2.22. The summed E-state index contributed by atoms with van der Waals surface area (Å²) < 4.78 is 26.2. The molecule has 0 fully saturated rings. The fourth-order valence-electron chi connectivity index (χ4n) is 3.89. The number of nitrogens with one attached hydrogen (secondary N) is 1. The molecular weight excluding hydrogens is 436 g/mol. The van der Waals surface area contributed by atoms with Gasteiger partial charge in [0, 0.05) is 22.9 Å². The third-order valence-electron chi connectivity index (χ3n) is 5.51. The predicted octanol–water partition coefficient (Wildman–Crippen LogP) is 4.12. The number of benzene rings is 2. The number of anilines is 1. The second-order valence-electron chi connectivity index (χ2n) is 7.86. The lowest BCUT2D eigenvalue weighted by Crippen LogP contribution is -2.16. The summed E-state index contributed by atoms with van der Waals surface area (Å²) in [6.07, 6.45) is 3.49. The summed E-state index contributed by atoms with van der Waals surface area (Å²) in [6, 6.07) is 17.8. The molecule has 0 atom stereocenters. The lowest BCUT2D eigenvalue weighted by atomic mass is 10.1. The highest BCUT2D eigenvalue weighted by atomic mass is 32.2. The summed E-state index contributed by atoms with van der Waals surface area (Å²) in [7, 11) is -3.46. The molecule has 33 heavy (non-hydrogen) atoms. The number of hydrogen-bond donors (Lipinski definition) is 1. The van der Waals surface area contributed by atoms with Crippen LogP contribution in [-0.2, 0) is 21.1 Å². The van der Waals surface area contributed by atoms with Crippen LogP contribution in [0.4, 0.5) is 5.69 Å². The zero-order valence-corrected chi connectivity index (χ0v) is 18.4. The van der Waals surface area contributed by atoms with Crippen molar-refractivity contribution in [3.05, 3.63) is 88.6 Å². The smallest absolute Gasteiger partial charge is 0.230 e. The number of nitrogens with zero attached hydrogens (tertiary/aromatic N) is 3. The van der Waals surface area contributed by atoms with E-state index in [1.807, 2.05) is 41.8 Å². The molecule has 0 bridgehead atoms. The zero-order valence-electron chi connectivity index (χ0n) is 17.6. The number of amides is 1. The molecule has 2 aromatic carbocycles. The van der Waals surface area contributed by atoms with Gasteiger partial charge in [0.05, 0.1) is 34.3 Å². The van der Waals surface area contributed by atoms with Crippen LogP contribution in [0.25, 0.3) is 23.0 Å². The largest absolute Gasteiger partial charge is 0.326 e. The fourth-order valence-corrected chi connectivity index (χ4v) is 5.12. The third-order valence-corrected chi connectivity index (χ3v) is 6.97. The summed E-state index contributed by atoms with van der Waals surface area (Å²) in [6.45, 7) is 1.96. The monoisotopic (exact) mass is 454 g/mol. The molecule has 5 rings (SSSR count). The first-order chi connectivity index (χ1) is 15.8. The summed E-state index contributed by atoms with van der Waals surface area (Å²) in [5.41, 5.74) is 5.44. The molecule has 0 radical (unpaired) electrons. The lowest BCUT2D eigenvalue weighted by Gasteiger charge is -2.09. The number of sulfone groups is 1. The second-order valence-corrected chi connectivity index (χ2v) is 9.66. The molecule has 1 aliphatic heterocycles. The highest BCUT2D eigenvalue weighted by Crippen LogP contribution is 2.30. The Hall–Kier alpha value is -4.22. The van der Waals surface area contributed by atoms with Gasteiger partial charge in [0.25, 0.3) is 0 Å². The maximum Gasteiger partial charge on any atom is 0.230 e. The molecule has 1 amide bonds. The van der Waals surface area contributed by atoms with Gasteiger partial charge in [-0.25, -0.2) is 13.4 Å². The number of pyridine rings is 1. The van der Waals surface area contributed by atoms with Crippen molar-refractivity contribution in [2.24, 2.45) is 0 Å². The van der Waals surface area contributed by atoms with Crippen molar-refractivity contribution in [2.45, 2.75) is 18.2 Å². The van der Waals surface area contributed by atoms with Gasteiger partial charge in [-0.15, -0.1) is 0 Å². The highest BCUT2D eigenvalue weighted by molar-refractivity contribution is 7.94. The van der Waals surface area contributed by atoms with Crippen LogP contribution in [0.5, 0.6) is 0 Å². The van der Waals surface area contributed by atoms with Crippen LogP contribution in [-0.4, -0.2) is 23.7 Å². The van der Waals surface area contributed by atoms with Crippen LogP contribution in [0.3, 0.4) is 0 Å². The van der Waals surface area contributed by atoms with E-state index in [-0.39, 0.29) is 17.2 Å². The van der Waals surface area contributed by atoms with Gasteiger partial charge in [0.15, 0.2) is 0 Å². The Morgan fingerprint density at radius 2 is 1.91 bits per heavy atom. The Morgan fingerprint density at radius 1 is 1.12 bits per heavy atom. The molecule has 8 heteroatoms. The van der Waals surface area contributed by atoms with Crippen molar-refractivity contribution < 1.29 is 13.2 Å². The number of imidazole rings is 1. The predicted molar refractivity (Wildman–Crippen MR) is 125 cm³/mol. The van der Waals surface area contributed by atoms with Crippen molar-refractivity contribution in [2.75, 3.05) is 5.32 Å². The van der Waals surface area contributed by atoms with Gasteiger partial charge in [-0.3, -0.25) is 4.79 Å². The topological polar surface area (TPSA) is 104 Å². The van der Waals surface area contributed by atoms with Crippen LogP contribution in [0, 0.1) is 18.3 Å². The fraction of sp³-hybridized carbons (Fsp3) is 0.0800. The minimum atomic E-state index is -3.46. The SMILES string of the molecule is Cc1ccc2nc(-c3ccc(C#N)cc3)c(CC(=O)Nc3ccc4c(c3)S(=O)(=O)C=C4)n2c1. The van der Waals surface area contributed by atoms with Crippen LogP contribution >= 0.6 is 0 Å². The van der Waals surface area contributed by atoms with Gasteiger partial charge < -0.3 is 9.72 Å². The second kappa shape index (κ2) is 7.73. The van der Waals surface area contributed by atoms with Crippen molar-refractivity contribution in [1.82, 2.24) is 9.38 Å². The molecule has 4 aromatic rings. The van der Waals surface area contributed by atoms with E-state index in [1.165, 1.54) is 6.07 Å². The van der Waals surface area contributed by atoms with Crippen LogP contribution in [0.1, 0.15) is 22.4 Å². The molecule has 0 saturated carbocycles. The molecule has 1 N–H and O–H groups in total. The van der Waals surface area contributed by atoms with E-state index >= 15 is 0 Å². The minimum absolute atomic E-state index is 0.0298. The van der Waals surface area contributed by atoms with E-state index in [2.05, 4.69) is 11.4 Å². The summed E-state index contributed by atoms with van der Waals surface area (Å²) >= 11 is 0. The van der Waals surface area contributed by atoms with E-state index in [0.717, 1.165) is 16.5 Å². The average molecular weight is 455 g/mol. The molecule has 0 saturated heterocycles. The lowest BCUT2D eigenvalue weighted by molar-refractivity contribution is -0.115. The average Bonchev–Trinajstić information content (AvgIpc) is 3.30. The minimum Gasteiger partial charge on any atom is -0.326 e. The van der Waals surface area contributed by atoms with Crippen LogP contribution in [0.15, 0.2) is 71.1 Å². The number of rotatable bonds is 4. The molecule has 7 nitrogen and oxygen atoms in total. The van der Waals surface area contributed by atoms with Gasteiger partial charge in [-0.2, -0.15) is 5.26 Å². The first-order valence-corrected chi connectivity index (χ1v) is 11.7. The van der Waals surface area contributed by atoms with E-state index in [1.54, 1.807) is 30.3 Å². The van der Waals surface area contributed by atoms with Gasteiger partial charge in [-0.05, 0) is 54.5 Å². The number of carbonyl (C=O) groups excluding carboxylic acids is 1. The molecule has 1 aliphatic rings. The number of fused-ring (bicyclic) bond motifs is 2. The van der Waals surface area contributed by atoms with Crippen molar-refractivity contribution in [3.63, 3.8) is 0 Å². The number of nitriles is 1. The number of carbonyl (C=O) groups is 1.